The van der Waals surface area contributed by atoms with Crippen LogP contribution in [-0.4, -0.2) is 29.6 Å². The van der Waals surface area contributed by atoms with Gasteiger partial charge in [-0.05, 0) is 74.9 Å². The summed E-state index contributed by atoms with van der Waals surface area (Å²) in [6.45, 7) is 4.88. The van der Waals surface area contributed by atoms with Crippen LogP contribution in [-0.2, 0) is 0 Å². The molecule has 1 saturated heterocycles. The van der Waals surface area contributed by atoms with Crippen LogP contribution in [0, 0.1) is 6.92 Å². The van der Waals surface area contributed by atoms with Crippen molar-refractivity contribution in [3.8, 4) is 0 Å². The molecule has 0 saturated carbocycles. The standard InChI is InChI=1S/C19H24ClN3OS/c1-14-15(20)7-5-8-16(14)22-19(25)21-13-17(18-9-6-12-24-18)23-10-3-2-4-11-23/h5-9,12,17H,2-4,10-11,13H2,1H3,(H2,21,22,25)/t17-/m0/s1. The number of rotatable bonds is 5. The normalized spacial score (nSPS) is 16.4. The van der Waals surface area contributed by atoms with Gasteiger partial charge in [0.15, 0.2) is 5.11 Å². The smallest absolute Gasteiger partial charge is 0.170 e. The zero-order valence-electron chi connectivity index (χ0n) is 14.4. The average Bonchev–Trinajstić information content (AvgIpc) is 3.14. The molecule has 25 heavy (non-hydrogen) atoms. The van der Waals surface area contributed by atoms with Gasteiger partial charge in [0.05, 0.1) is 12.3 Å². The van der Waals surface area contributed by atoms with Gasteiger partial charge in [0, 0.05) is 17.3 Å². The number of thiocarbonyl (C=S) groups is 1. The predicted octanol–water partition coefficient (Wildman–Crippen LogP) is 4.76. The van der Waals surface area contributed by atoms with Crippen molar-refractivity contribution in [2.75, 3.05) is 25.0 Å². The highest BCUT2D eigenvalue weighted by Crippen LogP contribution is 2.25. The first-order valence-corrected chi connectivity index (χ1v) is 9.51. The molecular formula is C19H24ClN3OS. The molecule has 3 rings (SSSR count). The van der Waals surface area contributed by atoms with Gasteiger partial charge in [-0.3, -0.25) is 4.90 Å². The third-order valence-electron chi connectivity index (χ3n) is 4.67. The van der Waals surface area contributed by atoms with Gasteiger partial charge in [0.1, 0.15) is 5.76 Å². The van der Waals surface area contributed by atoms with Crippen LogP contribution in [0.25, 0.3) is 0 Å². The van der Waals surface area contributed by atoms with Crippen LogP contribution in [0.4, 0.5) is 5.69 Å². The van der Waals surface area contributed by atoms with E-state index >= 15 is 0 Å². The van der Waals surface area contributed by atoms with Gasteiger partial charge >= 0.3 is 0 Å². The van der Waals surface area contributed by atoms with Crippen molar-refractivity contribution >= 4 is 34.6 Å². The van der Waals surface area contributed by atoms with E-state index in [0.29, 0.717) is 11.7 Å². The summed E-state index contributed by atoms with van der Waals surface area (Å²) in [7, 11) is 0. The Morgan fingerprint density at radius 3 is 2.76 bits per heavy atom. The molecule has 2 heterocycles. The second-order valence-electron chi connectivity index (χ2n) is 6.38. The Labute approximate surface area is 159 Å². The molecular weight excluding hydrogens is 354 g/mol. The average molecular weight is 378 g/mol. The molecule has 1 aromatic heterocycles. The van der Waals surface area contributed by atoms with Gasteiger partial charge in [0.2, 0.25) is 0 Å². The van der Waals surface area contributed by atoms with Crippen molar-refractivity contribution in [3.63, 3.8) is 0 Å². The minimum Gasteiger partial charge on any atom is -0.468 e. The molecule has 1 fully saturated rings. The molecule has 0 radical (unpaired) electrons. The van der Waals surface area contributed by atoms with Crippen LogP contribution in [0.1, 0.15) is 36.6 Å². The van der Waals surface area contributed by atoms with Crippen molar-refractivity contribution in [2.45, 2.75) is 32.2 Å². The van der Waals surface area contributed by atoms with E-state index in [9.17, 15) is 0 Å². The maximum atomic E-state index is 6.17. The second kappa shape index (κ2) is 8.70. The molecule has 0 bridgehead atoms. The first kappa shape index (κ1) is 18.2. The Balaban J connectivity index is 1.62. The van der Waals surface area contributed by atoms with Crippen molar-refractivity contribution in [3.05, 3.63) is 52.9 Å². The van der Waals surface area contributed by atoms with Crippen LogP contribution in [0.15, 0.2) is 41.0 Å². The van der Waals surface area contributed by atoms with Crippen molar-refractivity contribution < 1.29 is 4.42 Å². The number of nitrogens with one attached hydrogen (secondary N) is 2. The molecule has 134 valence electrons. The van der Waals surface area contributed by atoms with Crippen molar-refractivity contribution in [1.82, 2.24) is 10.2 Å². The lowest BCUT2D eigenvalue weighted by atomic mass is 10.1. The number of benzene rings is 1. The van der Waals surface area contributed by atoms with Gasteiger partial charge in [-0.1, -0.05) is 24.1 Å². The molecule has 4 nitrogen and oxygen atoms in total. The Kier molecular flexibility index (Phi) is 6.34. The molecule has 6 heteroatoms. The quantitative estimate of drug-likeness (QED) is 0.735. The lowest BCUT2D eigenvalue weighted by Gasteiger charge is -2.33. The zero-order valence-corrected chi connectivity index (χ0v) is 16.0. The van der Waals surface area contributed by atoms with Gasteiger partial charge in [-0.2, -0.15) is 0 Å². The molecule has 2 aromatic rings. The van der Waals surface area contributed by atoms with E-state index in [0.717, 1.165) is 35.1 Å². The lowest BCUT2D eigenvalue weighted by Crippen LogP contribution is -2.41. The Morgan fingerprint density at radius 1 is 1.24 bits per heavy atom. The topological polar surface area (TPSA) is 40.4 Å². The van der Waals surface area contributed by atoms with Crippen LogP contribution in [0.5, 0.6) is 0 Å². The van der Waals surface area contributed by atoms with Crippen LogP contribution in [0.3, 0.4) is 0 Å². The molecule has 1 aliphatic heterocycles. The second-order valence-corrected chi connectivity index (χ2v) is 7.19. The number of nitrogens with zero attached hydrogens (tertiary/aromatic N) is 1. The molecule has 0 unspecified atom stereocenters. The van der Waals surface area contributed by atoms with E-state index < -0.39 is 0 Å². The highest BCUT2D eigenvalue weighted by Gasteiger charge is 2.24. The Bertz CT molecular complexity index is 699. The SMILES string of the molecule is Cc1c(Cl)cccc1NC(=S)NC[C@@H](c1ccco1)N1CCCCC1. The molecule has 2 N–H and O–H groups in total. The number of piperidine rings is 1. The Hall–Kier alpha value is -1.56. The van der Waals surface area contributed by atoms with Crippen LogP contribution in [0.2, 0.25) is 5.02 Å². The van der Waals surface area contributed by atoms with Crippen molar-refractivity contribution in [1.29, 1.82) is 0 Å². The molecule has 1 aliphatic rings. The maximum absolute atomic E-state index is 6.17. The van der Waals surface area contributed by atoms with Crippen molar-refractivity contribution in [2.24, 2.45) is 0 Å². The molecule has 1 aromatic carbocycles. The monoisotopic (exact) mass is 377 g/mol. The van der Waals surface area contributed by atoms with E-state index in [2.05, 4.69) is 15.5 Å². The summed E-state index contributed by atoms with van der Waals surface area (Å²) in [6, 6.07) is 9.94. The number of furan rings is 1. The highest BCUT2D eigenvalue weighted by molar-refractivity contribution is 7.80. The summed E-state index contributed by atoms with van der Waals surface area (Å²) in [5.74, 6) is 0.983. The fourth-order valence-corrected chi connectivity index (χ4v) is 3.59. The lowest BCUT2D eigenvalue weighted by molar-refractivity contribution is 0.146. The fraction of sp³-hybridized carbons (Fsp3) is 0.421. The summed E-state index contributed by atoms with van der Waals surface area (Å²) in [4.78, 5) is 2.47. The predicted molar refractivity (Wildman–Crippen MR) is 107 cm³/mol. The number of anilines is 1. The van der Waals surface area contributed by atoms with E-state index in [1.54, 1.807) is 6.26 Å². The highest BCUT2D eigenvalue weighted by atomic mass is 35.5. The Morgan fingerprint density at radius 2 is 2.04 bits per heavy atom. The van der Waals surface area contributed by atoms with E-state index in [-0.39, 0.29) is 6.04 Å². The number of hydrogen-bond donors (Lipinski definition) is 2. The largest absolute Gasteiger partial charge is 0.468 e. The third kappa shape index (κ3) is 4.75. The summed E-state index contributed by atoms with van der Waals surface area (Å²) < 4.78 is 5.67. The van der Waals surface area contributed by atoms with E-state index in [1.807, 2.05) is 37.3 Å². The summed E-state index contributed by atoms with van der Waals surface area (Å²) in [6.07, 6.45) is 5.52. The fourth-order valence-electron chi connectivity index (χ4n) is 3.22. The molecule has 0 aliphatic carbocycles. The van der Waals surface area contributed by atoms with Crippen LogP contribution < -0.4 is 10.6 Å². The number of likely N-dealkylation sites (tertiary alicyclic amines) is 1. The van der Waals surface area contributed by atoms with E-state index in [4.69, 9.17) is 28.2 Å². The van der Waals surface area contributed by atoms with E-state index in [1.165, 1.54) is 19.3 Å². The molecule has 0 spiro atoms. The third-order valence-corrected chi connectivity index (χ3v) is 5.33. The summed E-state index contributed by atoms with van der Waals surface area (Å²) in [5.41, 5.74) is 1.92. The number of halogens is 1. The molecule has 1 atom stereocenters. The van der Waals surface area contributed by atoms with Gasteiger partial charge in [-0.15, -0.1) is 0 Å². The maximum Gasteiger partial charge on any atom is 0.170 e. The minimum atomic E-state index is 0.190. The molecule has 0 amide bonds. The van der Waals surface area contributed by atoms with Gasteiger partial charge in [0.25, 0.3) is 0 Å². The first-order chi connectivity index (χ1) is 12.1. The number of hydrogen-bond acceptors (Lipinski definition) is 3. The van der Waals surface area contributed by atoms with Gasteiger partial charge < -0.3 is 15.1 Å². The van der Waals surface area contributed by atoms with Gasteiger partial charge in [-0.25, -0.2) is 0 Å². The first-order valence-electron chi connectivity index (χ1n) is 8.72. The van der Waals surface area contributed by atoms with Crippen LogP contribution >= 0.6 is 23.8 Å². The minimum absolute atomic E-state index is 0.190. The summed E-state index contributed by atoms with van der Waals surface area (Å²) in [5, 5.41) is 7.91. The summed E-state index contributed by atoms with van der Waals surface area (Å²) >= 11 is 11.6. The zero-order chi connectivity index (χ0) is 17.6.